The monoisotopic (exact) mass is 651 g/mol. The number of aromatic amines is 1. The fraction of sp³-hybridized carbons (Fsp3) is 0.207. The molecule has 2 aliphatic rings. The van der Waals surface area contributed by atoms with Crippen LogP contribution in [0.1, 0.15) is 17.9 Å². The first kappa shape index (κ1) is 27.8. The summed E-state index contributed by atoms with van der Waals surface area (Å²) in [5, 5.41) is 2.69. The zero-order valence-corrected chi connectivity index (χ0v) is 25.2. The Hall–Kier alpha value is -4.36. The van der Waals surface area contributed by atoms with Crippen LogP contribution in [0.25, 0.3) is 11.0 Å². The third-order valence-electron chi connectivity index (χ3n) is 7.39. The average molecular weight is 653 g/mol. The van der Waals surface area contributed by atoms with Crippen LogP contribution in [0.15, 0.2) is 81.9 Å². The van der Waals surface area contributed by atoms with E-state index in [0.717, 1.165) is 5.69 Å². The van der Waals surface area contributed by atoms with Gasteiger partial charge in [0.2, 0.25) is 11.7 Å². The Kier molecular flexibility index (Phi) is 6.73. The van der Waals surface area contributed by atoms with Gasteiger partial charge in [0.15, 0.2) is 0 Å². The number of hydrogen-bond donors (Lipinski definition) is 3. The van der Waals surface area contributed by atoms with E-state index in [-0.39, 0.29) is 23.0 Å². The lowest BCUT2D eigenvalue weighted by Crippen LogP contribution is -2.57. The number of carbonyl (C=O) groups excluding carboxylic acids is 2. The molecule has 1 aliphatic heterocycles. The summed E-state index contributed by atoms with van der Waals surface area (Å²) in [6.07, 6.45) is 1.34. The molecule has 0 saturated heterocycles. The first-order valence-electron chi connectivity index (χ1n) is 12.9. The van der Waals surface area contributed by atoms with Gasteiger partial charge in [0.1, 0.15) is 16.4 Å². The number of ketones is 1. The number of benzene rings is 3. The summed E-state index contributed by atoms with van der Waals surface area (Å²) in [6, 6.07) is 17.1. The van der Waals surface area contributed by atoms with Crippen molar-refractivity contribution in [3.05, 3.63) is 82.5 Å². The molecule has 11 nitrogen and oxygen atoms in total. The van der Waals surface area contributed by atoms with Gasteiger partial charge in [-0.1, -0.05) is 28.1 Å². The third-order valence-corrected chi connectivity index (χ3v) is 9.23. The number of fused-ring (bicyclic) bond motifs is 4. The Balaban J connectivity index is 1.41. The van der Waals surface area contributed by atoms with Gasteiger partial charge in [0.05, 0.1) is 24.1 Å². The number of aromatic nitrogens is 2. The smallest absolute Gasteiger partial charge is 0.279 e. The number of nitrogens with one attached hydrogen (secondary N) is 3. The van der Waals surface area contributed by atoms with E-state index in [1.807, 2.05) is 31.1 Å². The van der Waals surface area contributed by atoms with Crippen LogP contribution < -0.4 is 19.7 Å². The lowest BCUT2D eigenvalue weighted by Gasteiger charge is -2.33. The molecule has 0 bridgehead atoms. The Morgan fingerprint density at radius 3 is 2.60 bits per heavy atom. The molecule has 0 saturated carbocycles. The van der Waals surface area contributed by atoms with E-state index in [9.17, 15) is 18.0 Å². The second kappa shape index (κ2) is 10.2. The van der Waals surface area contributed by atoms with Crippen LogP contribution >= 0.6 is 15.9 Å². The Morgan fingerprint density at radius 2 is 1.90 bits per heavy atom. The van der Waals surface area contributed by atoms with E-state index in [1.165, 1.54) is 19.3 Å². The average Bonchev–Trinajstić information content (AvgIpc) is 3.52. The summed E-state index contributed by atoms with van der Waals surface area (Å²) >= 11 is 3.41. The normalized spacial score (nSPS) is 19.4. The molecular formula is C29H26BrN5O6S. The molecule has 1 aromatic heterocycles. The SMILES string of the molecule is COC1=CC(=O)C2(C(=O)Nc3nc4ccccc4[nH]3)Oc3c(cc(Br)cc3S(=O)(=O)Nc3ccc(N(C)C)cc3)C2C1. The summed E-state index contributed by atoms with van der Waals surface area (Å²) in [6.45, 7) is 0. The van der Waals surface area contributed by atoms with E-state index in [2.05, 4.69) is 35.9 Å². The van der Waals surface area contributed by atoms with Crippen LogP contribution in [0, 0.1) is 0 Å². The molecule has 3 aromatic carbocycles. The summed E-state index contributed by atoms with van der Waals surface area (Å²) in [5.74, 6) is -1.95. The number of H-pyrrole nitrogens is 1. The minimum atomic E-state index is -4.23. The number of para-hydroxylation sites is 2. The fourth-order valence-corrected chi connectivity index (χ4v) is 7.17. The van der Waals surface area contributed by atoms with Gasteiger partial charge >= 0.3 is 0 Å². The van der Waals surface area contributed by atoms with Crippen LogP contribution in [0.2, 0.25) is 0 Å². The lowest BCUT2D eigenvalue weighted by molar-refractivity contribution is -0.144. The second-order valence-corrected chi connectivity index (χ2v) is 12.8. The van der Waals surface area contributed by atoms with Crippen molar-refractivity contribution in [3.63, 3.8) is 0 Å². The highest BCUT2D eigenvalue weighted by Crippen LogP contribution is 2.54. The zero-order valence-electron chi connectivity index (χ0n) is 22.8. The molecule has 0 fully saturated rings. The minimum Gasteiger partial charge on any atom is -0.501 e. The van der Waals surface area contributed by atoms with Crippen molar-refractivity contribution in [1.29, 1.82) is 0 Å². The van der Waals surface area contributed by atoms with Gasteiger partial charge in [0.25, 0.3) is 21.5 Å². The predicted octanol–water partition coefficient (Wildman–Crippen LogP) is 4.55. The van der Waals surface area contributed by atoms with E-state index in [0.29, 0.717) is 32.5 Å². The minimum absolute atomic E-state index is 0.0838. The topological polar surface area (TPSA) is 143 Å². The maximum Gasteiger partial charge on any atom is 0.279 e. The first-order chi connectivity index (χ1) is 20.0. The Morgan fingerprint density at radius 1 is 1.17 bits per heavy atom. The molecule has 2 atom stereocenters. The van der Waals surface area contributed by atoms with Crippen molar-refractivity contribution in [3.8, 4) is 5.75 Å². The first-order valence-corrected chi connectivity index (χ1v) is 15.2. The summed E-state index contributed by atoms with van der Waals surface area (Å²) in [5.41, 5.74) is 0.824. The number of nitrogens with zero attached hydrogens (tertiary/aromatic N) is 2. The van der Waals surface area contributed by atoms with Crippen molar-refractivity contribution in [2.75, 3.05) is 36.1 Å². The number of hydrogen-bond acceptors (Lipinski definition) is 8. The van der Waals surface area contributed by atoms with Crippen molar-refractivity contribution in [1.82, 2.24) is 9.97 Å². The highest BCUT2D eigenvalue weighted by Gasteiger charge is 2.62. The number of amides is 1. The maximum atomic E-state index is 14.0. The highest BCUT2D eigenvalue weighted by molar-refractivity contribution is 9.10. The molecular weight excluding hydrogens is 626 g/mol. The number of sulfonamides is 1. The number of rotatable bonds is 7. The van der Waals surface area contributed by atoms with Gasteiger partial charge in [-0.15, -0.1) is 0 Å². The summed E-state index contributed by atoms with van der Waals surface area (Å²) in [7, 11) is 0.962. The number of methoxy groups -OCH3 is 1. The maximum absolute atomic E-state index is 14.0. The molecule has 6 rings (SSSR count). The molecule has 42 heavy (non-hydrogen) atoms. The molecule has 1 aliphatic carbocycles. The number of ether oxygens (including phenoxy) is 2. The molecule has 4 aromatic rings. The van der Waals surface area contributed by atoms with Gasteiger partial charge in [-0.2, -0.15) is 0 Å². The largest absolute Gasteiger partial charge is 0.501 e. The number of imidazole rings is 1. The number of anilines is 3. The van der Waals surface area contributed by atoms with Gasteiger partial charge in [-0.25, -0.2) is 13.4 Å². The van der Waals surface area contributed by atoms with E-state index in [1.54, 1.807) is 42.5 Å². The number of allylic oxidation sites excluding steroid dienone is 1. The number of carbonyl (C=O) groups is 2. The molecule has 2 unspecified atom stereocenters. The van der Waals surface area contributed by atoms with Gasteiger partial charge in [-0.3, -0.25) is 19.6 Å². The summed E-state index contributed by atoms with van der Waals surface area (Å²) in [4.78, 5) is 36.8. The van der Waals surface area contributed by atoms with Crippen molar-refractivity contribution in [2.45, 2.75) is 22.8 Å². The van der Waals surface area contributed by atoms with Crippen molar-refractivity contribution in [2.24, 2.45) is 0 Å². The van der Waals surface area contributed by atoms with Crippen LogP contribution in [-0.2, 0) is 24.3 Å². The van der Waals surface area contributed by atoms with Crippen molar-refractivity contribution >= 4 is 66.0 Å². The summed E-state index contributed by atoms with van der Waals surface area (Å²) < 4.78 is 42.1. The molecule has 0 spiro atoms. The molecule has 1 amide bonds. The second-order valence-electron chi connectivity index (χ2n) is 10.2. The highest BCUT2D eigenvalue weighted by atomic mass is 79.9. The third kappa shape index (κ3) is 4.58. The van der Waals surface area contributed by atoms with Crippen LogP contribution in [-0.4, -0.2) is 56.9 Å². The molecule has 2 heterocycles. The van der Waals surface area contributed by atoms with Gasteiger partial charge in [0, 0.05) is 48.0 Å². The molecule has 216 valence electrons. The van der Waals surface area contributed by atoms with Gasteiger partial charge in [-0.05, 0) is 48.5 Å². The van der Waals surface area contributed by atoms with E-state index < -0.39 is 33.2 Å². The zero-order chi connectivity index (χ0) is 29.8. The molecule has 0 radical (unpaired) electrons. The van der Waals surface area contributed by atoms with E-state index in [4.69, 9.17) is 9.47 Å². The standard InChI is InChI=1S/C29H26BrN5O6S/c1-35(2)18-10-8-17(9-11-18)34-42(38,39)24-13-16(30)12-20-21-14-19(40-3)15-25(36)29(21,41-26(20)24)27(37)33-28-31-22-6-4-5-7-23(22)32-28/h4-13,15,21,34H,14H2,1-3H3,(H2,31,32,33,37). The van der Waals surface area contributed by atoms with Crippen LogP contribution in [0.5, 0.6) is 5.75 Å². The molecule has 13 heteroatoms. The van der Waals surface area contributed by atoms with Crippen LogP contribution in [0.3, 0.4) is 0 Å². The fourth-order valence-electron chi connectivity index (χ4n) is 5.31. The van der Waals surface area contributed by atoms with Gasteiger partial charge < -0.3 is 19.4 Å². The van der Waals surface area contributed by atoms with Crippen molar-refractivity contribution < 1.29 is 27.5 Å². The lowest BCUT2D eigenvalue weighted by atomic mass is 9.74. The number of halogens is 1. The predicted molar refractivity (Wildman–Crippen MR) is 161 cm³/mol. The quantitative estimate of drug-likeness (QED) is 0.247. The van der Waals surface area contributed by atoms with Crippen LogP contribution in [0.4, 0.5) is 17.3 Å². The van der Waals surface area contributed by atoms with E-state index >= 15 is 0 Å². The Labute approximate surface area is 250 Å². The molecule has 3 N–H and O–H groups in total. The Bertz CT molecular complexity index is 1850.